The highest BCUT2D eigenvalue weighted by molar-refractivity contribution is 5.82. The first-order valence-electron chi connectivity index (χ1n) is 7.91. The Bertz CT molecular complexity index is 577. The van der Waals surface area contributed by atoms with Crippen molar-refractivity contribution >= 4 is 11.9 Å². The van der Waals surface area contributed by atoms with Crippen LogP contribution in [0.1, 0.15) is 19.4 Å². The minimum absolute atomic E-state index is 0.155. The van der Waals surface area contributed by atoms with E-state index < -0.39 is 0 Å². The molecular formula is C17H24FN3O2. The van der Waals surface area contributed by atoms with Gasteiger partial charge in [-0.1, -0.05) is 25.1 Å². The summed E-state index contributed by atoms with van der Waals surface area (Å²) >= 11 is 0. The normalized spacial score (nSPS) is 21.4. The van der Waals surface area contributed by atoms with Crippen LogP contribution in [0, 0.1) is 17.7 Å². The fourth-order valence-corrected chi connectivity index (χ4v) is 2.81. The largest absolute Gasteiger partial charge is 0.469 e. The molecule has 23 heavy (non-hydrogen) atoms. The Morgan fingerprint density at radius 1 is 1.43 bits per heavy atom. The zero-order valence-electron chi connectivity index (χ0n) is 13.9. The zero-order chi connectivity index (χ0) is 16.8. The molecule has 1 N–H and O–H groups in total. The fraction of sp³-hybridized carbons (Fsp3) is 0.529. The molecule has 126 valence electrons. The molecule has 0 amide bonds. The van der Waals surface area contributed by atoms with E-state index >= 15 is 0 Å². The lowest BCUT2D eigenvalue weighted by molar-refractivity contribution is -0.145. The molecule has 0 saturated carbocycles. The highest BCUT2D eigenvalue weighted by atomic mass is 19.1. The topological polar surface area (TPSA) is 53.9 Å². The van der Waals surface area contributed by atoms with Crippen molar-refractivity contribution in [3.63, 3.8) is 0 Å². The van der Waals surface area contributed by atoms with Gasteiger partial charge in [0.1, 0.15) is 5.82 Å². The lowest BCUT2D eigenvalue weighted by atomic mass is 9.99. The summed E-state index contributed by atoms with van der Waals surface area (Å²) in [6.45, 7) is 6.28. The number of benzene rings is 1. The summed E-state index contributed by atoms with van der Waals surface area (Å²) in [5, 5.41) is 3.21. The molecule has 1 aliphatic rings. The van der Waals surface area contributed by atoms with E-state index in [0.29, 0.717) is 24.6 Å². The number of rotatable bonds is 4. The van der Waals surface area contributed by atoms with Gasteiger partial charge in [-0.05, 0) is 18.9 Å². The minimum atomic E-state index is -0.255. The third kappa shape index (κ3) is 4.21. The minimum Gasteiger partial charge on any atom is -0.469 e. The smallest absolute Gasteiger partial charge is 0.310 e. The van der Waals surface area contributed by atoms with Gasteiger partial charge in [-0.25, -0.2) is 9.38 Å². The van der Waals surface area contributed by atoms with E-state index in [1.165, 1.54) is 13.2 Å². The number of aliphatic imine (C=N–C) groups is 1. The third-order valence-electron chi connectivity index (χ3n) is 4.11. The predicted octanol–water partition coefficient (Wildman–Crippen LogP) is 2.03. The number of halogens is 1. The summed E-state index contributed by atoms with van der Waals surface area (Å²) in [5.41, 5.74) is 0.555. The molecule has 2 rings (SSSR count). The van der Waals surface area contributed by atoms with Crippen LogP contribution in [0.4, 0.5) is 4.39 Å². The van der Waals surface area contributed by atoms with Crippen LogP contribution in [-0.2, 0) is 16.1 Å². The number of ether oxygens (including phenoxy) is 1. The molecule has 2 unspecified atom stereocenters. The average Bonchev–Trinajstić information content (AvgIpc) is 2.93. The number of carbonyl (C=O) groups is 1. The van der Waals surface area contributed by atoms with Crippen molar-refractivity contribution in [3.8, 4) is 0 Å². The molecule has 1 aromatic rings. The van der Waals surface area contributed by atoms with Crippen LogP contribution in [0.3, 0.4) is 0 Å². The van der Waals surface area contributed by atoms with Gasteiger partial charge >= 0.3 is 5.97 Å². The number of esters is 1. The summed E-state index contributed by atoms with van der Waals surface area (Å²) in [6.07, 6.45) is 0. The summed E-state index contributed by atoms with van der Waals surface area (Å²) in [7, 11) is 1.41. The van der Waals surface area contributed by atoms with Crippen LogP contribution in [0.5, 0.6) is 0 Å². The van der Waals surface area contributed by atoms with Gasteiger partial charge in [-0.3, -0.25) is 4.79 Å². The summed E-state index contributed by atoms with van der Waals surface area (Å²) < 4.78 is 18.6. The SMILES string of the molecule is CCNC(=NCc1ccccc1F)N1CC(C)C(C(=O)OC)C1. The van der Waals surface area contributed by atoms with E-state index in [2.05, 4.69) is 10.3 Å². The molecule has 0 aromatic heterocycles. The number of hydrogen-bond donors (Lipinski definition) is 1. The van der Waals surface area contributed by atoms with Crippen LogP contribution in [0.25, 0.3) is 0 Å². The van der Waals surface area contributed by atoms with Crippen LogP contribution in [0.15, 0.2) is 29.3 Å². The monoisotopic (exact) mass is 321 g/mol. The van der Waals surface area contributed by atoms with Crippen LogP contribution in [0.2, 0.25) is 0 Å². The molecule has 1 fully saturated rings. The summed E-state index contributed by atoms with van der Waals surface area (Å²) in [5.74, 6) is 0.297. The third-order valence-corrected chi connectivity index (χ3v) is 4.11. The molecule has 0 spiro atoms. The molecule has 1 aromatic carbocycles. The average molecular weight is 321 g/mol. The van der Waals surface area contributed by atoms with Crippen LogP contribution in [-0.4, -0.2) is 43.6 Å². The quantitative estimate of drug-likeness (QED) is 0.524. The molecule has 1 heterocycles. The fourth-order valence-electron chi connectivity index (χ4n) is 2.81. The van der Waals surface area contributed by atoms with Crippen LogP contribution < -0.4 is 5.32 Å². The molecule has 6 heteroatoms. The van der Waals surface area contributed by atoms with Crippen molar-refractivity contribution in [3.05, 3.63) is 35.6 Å². The number of guanidine groups is 1. The zero-order valence-corrected chi connectivity index (χ0v) is 13.9. The second-order valence-corrected chi connectivity index (χ2v) is 5.77. The molecular weight excluding hydrogens is 297 g/mol. The number of nitrogens with one attached hydrogen (secondary N) is 1. The molecule has 0 aliphatic carbocycles. The Kier molecular flexibility index (Phi) is 5.96. The van der Waals surface area contributed by atoms with E-state index in [-0.39, 0.29) is 30.2 Å². The second-order valence-electron chi connectivity index (χ2n) is 5.77. The van der Waals surface area contributed by atoms with Crippen molar-refractivity contribution in [2.45, 2.75) is 20.4 Å². The lowest BCUT2D eigenvalue weighted by Gasteiger charge is -2.21. The van der Waals surface area contributed by atoms with Gasteiger partial charge in [-0.2, -0.15) is 0 Å². The van der Waals surface area contributed by atoms with Gasteiger partial charge in [0.25, 0.3) is 0 Å². The van der Waals surface area contributed by atoms with Crippen molar-refractivity contribution in [1.29, 1.82) is 0 Å². The molecule has 1 aliphatic heterocycles. The van der Waals surface area contributed by atoms with Gasteiger partial charge in [0.2, 0.25) is 0 Å². The van der Waals surface area contributed by atoms with E-state index in [1.54, 1.807) is 18.2 Å². The maximum Gasteiger partial charge on any atom is 0.310 e. The Morgan fingerprint density at radius 2 is 2.17 bits per heavy atom. The van der Waals surface area contributed by atoms with E-state index in [1.807, 2.05) is 18.7 Å². The number of carbonyl (C=O) groups excluding carboxylic acids is 1. The molecule has 5 nitrogen and oxygen atoms in total. The molecule has 2 atom stereocenters. The number of hydrogen-bond acceptors (Lipinski definition) is 3. The Hall–Kier alpha value is -2.11. The van der Waals surface area contributed by atoms with Crippen LogP contribution >= 0.6 is 0 Å². The van der Waals surface area contributed by atoms with Crippen molar-refractivity contribution < 1.29 is 13.9 Å². The highest BCUT2D eigenvalue weighted by Crippen LogP contribution is 2.24. The van der Waals surface area contributed by atoms with Crippen molar-refractivity contribution in [2.75, 3.05) is 26.7 Å². The standard InChI is InChI=1S/C17H24FN3O2/c1-4-19-17(20-9-13-7-5-6-8-15(13)18)21-10-12(2)14(11-21)16(22)23-3/h5-8,12,14H,4,9-11H2,1-3H3,(H,19,20). The number of nitrogens with zero attached hydrogens (tertiary/aromatic N) is 2. The summed E-state index contributed by atoms with van der Waals surface area (Å²) in [4.78, 5) is 18.4. The lowest BCUT2D eigenvalue weighted by Crippen LogP contribution is -2.40. The molecule has 0 bridgehead atoms. The van der Waals surface area contributed by atoms with Crippen molar-refractivity contribution in [2.24, 2.45) is 16.8 Å². The Morgan fingerprint density at radius 3 is 2.83 bits per heavy atom. The van der Waals surface area contributed by atoms with E-state index in [9.17, 15) is 9.18 Å². The molecule has 0 radical (unpaired) electrons. The van der Waals surface area contributed by atoms with Gasteiger partial charge in [0.15, 0.2) is 5.96 Å². The first kappa shape index (κ1) is 17.2. The first-order chi connectivity index (χ1) is 11.1. The van der Waals surface area contributed by atoms with Gasteiger partial charge < -0.3 is 15.0 Å². The molecule has 1 saturated heterocycles. The Labute approximate surface area is 136 Å². The number of methoxy groups -OCH3 is 1. The maximum absolute atomic E-state index is 13.7. The number of likely N-dealkylation sites (tertiary alicyclic amines) is 1. The predicted molar refractivity (Wildman–Crippen MR) is 87.5 cm³/mol. The van der Waals surface area contributed by atoms with E-state index in [4.69, 9.17) is 4.74 Å². The van der Waals surface area contributed by atoms with Crippen molar-refractivity contribution in [1.82, 2.24) is 10.2 Å². The van der Waals surface area contributed by atoms with Gasteiger partial charge in [0.05, 0.1) is 19.6 Å². The van der Waals surface area contributed by atoms with Gasteiger partial charge in [-0.15, -0.1) is 0 Å². The second kappa shape index (κ2) is 7.94. The maximum atomic E-state index is 13.7. The first-order valence-corrected chi connectivity index (χ1v) is 7.91. The van der Waals surface area contributed by atoms with Gasteiger partial charge in [0, 0.05) is 25.2 Å². The van der Waals surface area contributed by atoms with E-state index in [0.717, 1.165) is 6.54 Å². The highest BCUT2D eigenvalue weighted by Gasteiger charge is 2.36. The Balaban J connectivity index is 2.11. The summed E-state index contributed by atoms with van der Waals surface area (Å²) in [6, 6.07) is 6.62.